The highest BCUT2D eigenvalue weighted by Gasteiger charge is 2.21. The third-order valence-corrected chi connectivity index (χ3v) is 3.23. The van der Waals surface area contributed by atoms with E-state index in [-0.39, 0.29) is 5.41 Å². The van der Waals surface area contributed by atoms with Crippen LogP contribution in [0.2, 0.25) is 0 Å². The molecule has 0 amide bonds. The minimum atomic E-state index is 0.0733. The van der Waals surface area contributed by atoms with Crippen molar-refractivity contribution in [3.63, 3.8) is 0 Å². The van der Waals surface area contributed by atoms with E-state index in [9.17, 15) is 0 Å². The third-order valence-electron chi connectivity index (χ3n) is 3.23. The quantitative estimate of drug-likeness (QED) is 0.803. The maximum atomic E-state index is 5.91. The summed E-state index contributed by atoms with van der Waals surface area (Å²) in [6, 6.07) is 2.34. The van der Waals surface area contributed by atoms with Crippen molar-refractivity contribution in [1.82, 2.24) is 9.97 Å². The molecule has 17 heavy (non-hydrogen) atoms. The molecule has 4 heteroatoms. The summed E-state index contributed by atoms with van der Waals surface area (Å²) in [5, 5.41) is 0. The molecular weight excluding hydrogens is 212 g/mol. The fraction of sp³-hybridized carbons (Fsp3) is 0.692. The van der Waals surface area contributed by atoms with Crippen LogP contribution in [0.15, 0.2) is 12.3 Å². The van der Waals surface area contributed by atoms with Crippen LogP contribution in [0.1, 0.15) is 39.3 Å². The highest BCUT2D eigenvalue weighted by atomic mass is 15.3. The maximum absolute atomic E-state index is 5.91. The van der Waals surface area contributed by atoms with Crippen LogP contribution in [-0.4, -0.2) is 29.1 Å². The lowest BCUT2D eigenvalue weighted by Gasteiger charge is -2.30. The Morgan fingerprint density at radius 2 is 1.94 bits per heavy atom. The first-order valence-electron chi connectivity index (χ1n) is 6.31. The molecule has 1 aliphatic rings. The van der Waals surface area contributed by atoms with Crippen molar-refractivity contribution in [1.29, 1.82) is 0 Å². The molecule has 1 aromatic rings. The van der Waals surface area contributed by atoms with E-state index < -0.39 is 0 Å². The predicted molar refractivity (Wildman–Crippen MR) is 70.2 cm³/mol. The smallest absolute Gasteiger partial charge is 0.225 e. The van der Waals surface area contributed by atoms with E-state index in [0.29, 0.717) is 6.04 Å². The molecule has 0 spiro atoms. The minimum absolute atomic E-state index is 0.0733. The molecule has 2 N–H and O–H groups in total. The Labute approximate surface area is 103 Å². The Kier molecular flexibility index (Phi) is 3.33. The zero-order valence-corrected chi connectivity index (χ0v) is 11.0. The van der Waals surface area contributed by atoms with Crippen molar-refractivity contribution in [3.8, 4) is 0 Å². The number of aromatic nitrogens is 2. The van der Waals surface area contributed by atoms with Gasteiger partial charge in [-0.15, -0.1) is 0 Å². The van der Waals surface area contributed by atoms with Gasteiger partial charge in [0.1, 0.15) is 0 Å². The normalized spacial score (nSPS) is 18.5. The fourth-order valence-corrected chi connectivity index (χ4v) is 2.02. The molecule has 0 bridgehead atoms. The number of hydrogen-bond donors (Lipinski definition) is 1. The number of rotatable bonds is 1. The lowest BCUT2D eigenvalue weighted by atomic mass is 9.92. The highest BCUT2D eigenvalue weighted by molar-refractivity contribution is 5.32. The summed E-state index contributed by atoms with van der Waals surface area (Å²) in [7, 11) is 0. The van der Waals surface area contributed by atoms with Crippen LogP contribution in [0.25, 0.3) is 0 Å². The highest BCUT2D eigenvalue weighted by Crippen LogP contribution is 2.22. The summed E-state index contributed by atoms with van der Waals surface area (Å²) in [5.74, 6) is 0.851. The Bertz CT molecular complexity index is 375. The zero-order valence-electron chi connectivity index (χ0n) is 11.0. The lowest BCUT2D eigenvalue weighted by molar-refractivity contribution is 0.492. The SMILES string of the molecule is CC(C)(C)c1ccnc(N2CCC(N)CC2)n1. The summed E-state index contributed by atoms with van der Waals surface area (Å²) in [6.07, 6.45) is 3.92. The molecule has 1 aliphatic heterocycles. The van der Waals surface area contributed by atoms with Crippen LogP contribution < -0.4 is 10.6 Å². The lowest BCUT2D eigenvalue weighted by Crippen LogP contribution is -2.40. The Morgan fingerprint density at radius 3 is 2.53 bits per heavy atom. The summed E-state index contributed by atoms with van der Waals surface area (Å²) in [5.41, 5.74) is 7.07. The Morgan fingerprint density at radius 1 is 1.29 bits per heavy atom. The van der Waals surface area contributed by atoms with E-state index in [4.69, 9.17) is 5.73 Å². The molecule has 0 aromatic carbocycles. The fourth-order valence-electron chi connectivity index (χ4n) is 2.02. The van der Waals surface area contributed by atoms with Gasteiger partial charge in [-0.3, -0.25) is 0 Å². The van der Waals surface area contributed by atoms with Crippen molar-refractivity contribution in [3.05, 3.63) is 18.0 Å². The van der Waals surface area contributed by atoms with Gasteiger partial charge in [-0.1, -0.05) is 20.8 Å². The average Bonchev–Trinajstić information content (AvgIpc) is 2.29. The molecule has 94 valence electrons. The summed E-state index contributed by atoms with van der Waals surface area (Å²) < 4.78 is 0. The van der Waals surface area contributed by atoms with Crippen molar-refractivity contribution < 1.29 is 0 Å². The second-order valence-electron chi connectivity index (χ2n) is 5.82. The van der Waals surface area contributed by atoms with E-state index in [2.05, 4.69) is 35.6 Å². The molecule has 0 saturated carbocycles. The van der Waals surface area contributed by atoms with Crippen LogP contribution in [0.4, 0.5) is 5.95 Å². The minimum Gasteiger partial charge on any atom is -0.341 e. The summed E-state index contributed by atoms with van der Waals surface area (Å²) in [6.45, 7) is 8.45. The Balaban J connectivity index is 2.16. The van der Waals surface area contributed by atoms with Gasteiger partial charge in [0.2, 0.25) is 5.95 Å². The molecule has 0 radical (unpaired) electrons. The van der Waals surface area contributed by atoms with Gasteiger partial charge in [0.15, 0.2) is 0 Å². The van der Waals surface area contributed by atoms with E-state index >= 15 is 0 Å². The number of hydrogen-bond acceptors (Lipinski definition) is 4. The first-order valence-corrected chi connectivity index (χ1v) is 6.31. The molecule has 2 heterocycles. The number of piperidine rings is 1. The van der Waals surface area contributed by atoms with Crippen LogP contribution in [-0.2, 0) is 5.41 Å². The predicted octanol–water partition coefficient (Wildman–Crippen LogP) is 1.70. The van der Waals surface area contributed by atoms with Crippen molar-refractivity contribution in [2.75, 3.05) is 18.0 Å². The van der Waals surface area contributed by atoms with Gasteiger partial charge in [-0.05, 0) is 18.9 Å². The molecule has 0 atom stereocenters. The van der Waals surface area contributed by atoms with Crippen LogP contribution in [0.3, 0.4) is 0 Å². The molecule has 0 unspecified atom stereocenters. The van der Waals surface area contributed by atoms with E-state index in [1.54, 1.807) is 0 Å². The van der Waals surface area contributed by atoms with Crippen LogP contribution in [0, 0.1) is 0 Å². The molecule has 2 rings (SSSR count). The number of anilines is 1. The van der Waals surface area contributed by atoms with E-state index in [1.165, 1.54) is 0 Å². The molecule has 1 saturated heterocycles. The Hall–Kier alpha value is -1.16. The van der Waals surface area contributed by atoms with E-state index in [1.807, 2.05) is 12.3 Å². The van der Waals surface area contributed by atoms with Gasteiger partial charge in [0.05, 0.1) is 5.69 Å². The summed E-state index contributed by atoms with van der Waals surface area (Å²) in [4.78, 5) is 11.3. The molecule has 1 fully saturated rings. The van der Waals surface area contributed by atoms with Crippen LogP contribution in [0.5, 0.6) is 0 Å². The monoisotopic (exact) mass is 234 g/mol. The van der Waals surface area contributed by atoms with Crippen molar-refractivity contribution >= 4 is 5.95 Å². The third kappa shape index (κ3) is 2.94. The number of nitrogens with zero attached hydrogens (tertiary/aromatic N) is 3. The second kappa shape index (κ2) is 4.61. The van der Waals surface area contributed by atoms with Gasteiger partial charge in [-0.25, -0.2) is 9.97 Å². The standard InChI is InChI=1S/C13H22N4/c1-13(2,3)11-4-7-15-12(16-11)17-8-5-10(14)6-9-17/h4,7,10H,5-6,8-9,14H2,1-3H3. The van der Waals surface area contributed by atoms with Gasteiger partial charge < -0.3 is 10.6 Å². The first kappa shape index (κ1) is 12.3. The largest absolute Gasteiger partial charge is 0.341 e. The summed E-state index contributed by atoms with van der Waals surface area (Å²) >= 11 is 0. The van der Waals surface area contributed by atoms with Crippen molar-refractivity contribution in [2.24, 2.45) is 5.73 Å². The van der Waals surface area contributed by atoms with Gasteiger partial charge in [-0.2, -0.15) is 0 Å². The number of nitrogens with two attached hydrogens (primary N) is 1. The van der Waals surface area contributed by atoms with Gasteiger partial charge >= 0.3 is 0 Å². The zero-order chi connectivity index (χ0) is 12.5. The van der Waals surface area contributed by atoms with Gasteiger partial charge in [0, 0.05) is 30.7 Å². The van der Waals surface area contributed by atoms with Crippen LogP contribution >= 0.6 is 0 Å². The molecule has 4 nitrogen and oxygen atoms in total. The van der Waals surface area contributed by atoms with Crippen molar-refractivity contribution in [2.45, 2.75) is 45.1 Å². The molecular formula is C13H22N4. The average molecular weight is 234 g/mol. The first-order chi connectivity index (χ1) is 7.97. The second-order valence-corrected chi connectivity index (χ2v) is 5.82. The molecule has 1 aromatic heterocycles. The molecule has 0 aliphatic carbocycles. The topological polar surface area (TPSA) is 55.0 Å². The van der Waals surface area contributed by atoms with E-state index in [0.717, 1.165) is 37.6 Å². The van der Waals surface area contributed by atoms with Gasteiger partial charge in [0.25, 0.3) is 0 Å². The maximum Gasteiger partial charge on any atom is 0.225 e.